The maximum atomic E-state index is 13.5. The molecule has 4 N–H and O–H groups in total. The fourth-order valence-electron chi connectivity index (χ4n) is 4.20. The number of nitrogens with one attached hydrogen (secondary N) is 3. The minimum Gasteiger partial charge on any atom is -0.485 e. The lowest BCUT2D eigenvalue weighted by atomic mass is 9.99. The zero-order valence-electron chi connectivity index (χ0n) is 23.0. The Kier molecular flexibility index (Phi) is 9.21. The van der Waals surface area contributed by atoms with Gasteiger partial charge in [-0.15, -0.1) is 0 Å². The molecule has 0 saturated carbocycles. The van der Waals surface area contributed by atoms with Crippen LogP contribution in [-0.2, 0) is 0 Å². The molecule has 2 aromatic rings. The molecule has 1 aromatic carbocycles. The number of hydrogen-bond donors (Lipinski definition) is 4. The van der Waals surface area contributed by atoms with E-state index in [4.69, 9.17) is 9.26 Å². The first-order valence-electron chi connectivity index (χ1n) is 12.7. The molecule has 3 atom stereocenters. The predicted octanol–water partition coefficient (Wildman–Crippen LogP) is 3.21. The number of aliphatic hydroxyl groups excluding tert-OH is 1. The summed E-state index contributed by atoms with van der Waals surface area (Å²) in [4.78, 5) is 42.1. The third kappa shape index (κ3) is 6.55. The maximum Gasteiger partial charge on any atom is 0.321 e. The van der Waals surface area contributed by atoms with Crippen LogP contribution >= 0.6 is 0 Å². The lowest BCUT2D eigenvalue weighted by Gasteiger charge is -2.38. The van der Waals surface area contributed by atoms with Gasteiger partial charge < -0.3 is 40.1 Å². The molecule has 0 radical (unpaired) electrons. The molecule has 1 aromatic heterocycles. The largest absolute Gasteiger partial charge is 0.485 e. The van der Waals surface area contributed by atoms with E-state index < -0.39 is 18.2 Å². The summed E-state index contributed by atoms with van der Waals surface area (Å²) in [5, 5.41) is 22.1. The predicted molar refractivity (Wildman–Crippen MR) is 143 cm³/mol. The van der Waals surface area contributed by atoms with Crippen molar-refractivity contribution < 1.29 is 28.8 Å². The van der Waals surface area contributed by atoms with Gasteiger partial charge in [-0.2, -0.15) is 0 Å². The van der Waals surface area contributed by atoms with Gasteiger partial charge in [-0.05, 0) is 46.8 Å². The Bertz CT molecular complexity index is 1150. The highest BCUT2D eigenvalue weighted by Crippen LogP contribution is 2.35. The number of hydrogen-bond acceptors (Lipinski definition) is 7. The smallest absolute Gasteiger partial charge is 0.321 e. The van der Waals surface area contributed by atoms with E-state index in [1.807, 2.05) is 20.8 Å². The number of para-hydroxylation sites is 1. The molecule has 3 rings (SSSR count). The Morgan fingerprint density at radius 2 is 1.95 bits per heavy atom. The van der Waals surface area contributed by atoms with Crippen molar-refractivity contribution in [2.24, 2.45) is 5.92 Å². The molecule has 0 saturated heterocycles. The molecule has 1 aliphatic heterocycles. The van der Waals surface area contributed by atoms with Crippen LogP contribution in [-0.4, -0.2) is 83.0 Å². The SMILES string of the molecule is Cc1noc(C)c1NC(=O)N(C)C[C@H]1Oc2c(NC(=O)NC(C)C)cccc2C(=O)N([C@@H](C)CO)C[C@H]1C. The minimum atomic E-state index is -0.549. The first-order valence-corrected chi connectivity index (χ1v) is 12.7. The first-order chi connectivity index (χ1) is 17.9. The third-order valence-corrected chi connectivity index (χ3v) is 6.42. The second kappa shape index (κ2) is 12.2. The number of aryl methyl sites for hydroxylation is 2. The molecule has 5 amide bonds. The molecule has 2 heterocycles. The van der Waals surface area contributed by atoms with Gasteiger partial charge >= 0.3 is 12.1 Å². The second-order valence-electron chi connectivity index (χ2n) is 10.1. The molecule has 0 unspecified atom stereocenters. The van der Waals surface area contributed by atoms with Gasteiger partial charge in [0.05, 0.1) is 30.4 Å². The Morgan fingerprint density at radius 3 is 2.55 bits per heavy atom. The van der Waals surface area contributed by atoms with Crippen molar-refractivity contribution >= 4 is 29.3 Å². The van der Waals surface area contributed by atoms with E-state index in [2.05, 4.69) is 21.1 Å². The Labute approximate surface area is 222 Å². The number of benzene rings is 1. The molecule has 0 fully saturated rings. The quantitative estimate of drug-likeness (QED) is 0.429. The highest BCUT2D eigenvalue weighted by Gasteiger charge is 2.35. The molecule has 0 spiro atoms. The lowest BCUT2D eigenvalue weighted by Crippen LogP contribution is -2.50. The number of nitrogens with zero attached hydrogens (tertiary/aromatic N) is 3. The minimum absolute atomic E-state index is 0.0957. The molecule has 38 heavy (non-hydrogen) atoms. The number of amides is 5. The zero-order chi connectivity index (χ0) is 28.1. The number of likely N-dealkylation sites (N-methyl/N-ethyl adjacent to an activating group) is 1. The van der Waals surface area contributed by atoms with Gasteiger partial charge in [0.15, 0.2) is 11.5 Å². The summed E-state index contributed by atoms with van der Waals surface area (Å²) in [6, 6.07) is 3.59. The van der Waals surface area contributed by atoms with Crippen LogP contribution in [0.3, 0.4) is 0 Å². The number of carbonyl (C=O) groups excluding carboxylic acids is 3. The fraction of sp³-hybridized carbons (Fsp3) is 0.538. The van der Waals surface area contributed by atoms with Gasteiger partial charge in [-0.25, -0.2) is 9.59 Å². The van der Waals surface area contributed by atoms with Gasteiger partial charge in [-0.1, -0.05) is 18.1 Å². The first kappa shape index (κ1) is 28.8. The summed E-state index contributed by atoms with van der Waals surface area (Å²) in [6.07, 6.45) is -0.549. The van der Waals surface area contributed by atoms with Crippen molar-refractivity contribution in [3.8, 4) is 5.75 Å². The summed E-state index contributed by atoms with van der Waals surface area (Å²) in [5.41, 5.74) is 1.66. The summed E-state index contributed by atoms with van der Waals surface area (Å²) >= 11 is 0. The van der Waals surface area contributed by atoms with Crippen molar-refractivity contribution in [3.63, 3.8) is 0 Å². The van der Waals surface area contributed by atoms with Crippen molar-refractivity contribution in [1.29, 1.82) is 0 Å². The topological polar surface area (TPSA) is 149 Å². The molecule has 12 nitrogen and oxygen atoms in total. The van der Waals surface area contributed by atoms with Crippen molar-refractivity contribution in [1.82, 2.24) is 20.3 Å². The average molecular weight is 531 g/mol. The molecule has 12 heteroatoms. The molecular weight excluding hydrogens is 492 g/mol. The monoisotopic (exact) mass is 530 g/mol. The number of aromatic nitrogens is 1. The van der Waals surface area contributed by atoms with Crippen LogP contribution in [0.2, 0.25) is 0 Å². The van der Waals surface area contributed by atoms with Crippen LogP contribution in [0.5, 0.6) is 5.75 Å². The molecule has 0 aliphatic carbocycles. The second-order valence-corrected chi connectivity index (χ2v) is 10.1. The number of rotatable bonds is 7. The van der Waals surface area contributed by atoms with Gasteiger partial charge in [-0.3, -0.25) is 4.79 Å². The molecular formula is C26H38N6O6. The van der Waals surface area contributed by atoms with Crippen LogP contribution in [0, 0.1) is 19.8 Å². The van der Waals surface area contributed by atoms with E-state index in [1.165, 1.54) is 4.90 Å². The van der Waals surface area contributed by atoms with Crippen LogP contribution < -0.4 is 20.7 Å². The summed E-state index contributed by atoms with van der Waals surface area (Å²) in [6.45, 7) is 11.1. The normalized spacial score (nSPS) is 18.1. The van der Waals surface area contributed by atoms with Gasteiger partial charge in [0.1, 0.15) is 17.5 Å². The highest BCUT2D eigenvalue weighted by atomic mass is 16.5. The fourth-order valence-corrected chi connectivity index (χ4v) is 4.20. The van der Waals surface area contributed by atoms with E-state index >= 15 is 0 Å². The Morgan fingerprint density at radius 1 is 1.24 bits per heavy atom. The van der Waals surface area contributed by atoms with Crippen LogP contribution in [0.15, 0.2) is 22.7 Å². The lowest BCUT2D eigenvalue weighted by molar-refractivity contribution is 0.0373. The Hall–Kier alpha value is -3.80. The number of carbonyl (C=O) groups is 3. The van der Waals surface area contributed by atoms with E-state index in [0.29, 0.717) is 29.4 Å². The van der Waals surface area contributed by atoms with E-state index in [9.17, 15) is 19.5 Å². The van der Waals surface area contributed by atoms with Crippen LogP contribution in [0.25, 0.3) is 0 Å². The molecule has 1 aliphatic rings. The highest BCUT2D eigenvalue weighted by molar-refractivity contribution is 6.01. The van der Waals surface area contributed by atoms with Gasteiger partial charge in [0, 0.05) is 25.6 Å². The number of ether oxygens (including phenoxy) is 1. The maximum absolute atomic E-state index is 13.5. The zero-order valence-corrected chi connectivity index (χ0v) is 23.0. The number of anilines is 2. The molecule has 0 bridgehead atoms. The van der Waals surface area contributed by atoms with Crippen molar-refractivity contribution in [2.75, 3.05) is 37.4 Å². The Balaban J connectivity index is 1.94. The number of urea groups is 2. The van der Waals surface area contributed by atoms with Gasteiger partial charge in [0.25, 0.3) is 5.91 Å². The number of fused-ring (bicyclic) bond motifs is 1. The van der Waals surface area contributed by atoms with Crippen LogP contribution in [0.4, 0.5) is 21.0 Å². The van der Waals surface area contributed by atoms with Crippen molar-refractivity contribution in [2.45, 2.75) is 59.7 Å². The van der Waals surface area contributed by atoms with Gasteiger partial charge in [0.2, 0.25) is 0 Å². The van der Waals surface area contributed by atoms with E-state index in [0.717, 1.165) is 0 Å². The van der Waals surface area contributed by atoms with E-state index in [1.54, 1.807) is 50.9 Å². The average Bonchev–Trinajstić information content (AvgIpc) is 3.17. The third-order valence-electron chi connectivity index (χ3n) is 6.42. The van der Waals surface area contributed by atoms with Crippen molar-refractivity contribution in [3.05, 3.63) is 35.2 Å². The van der Waals surface area contributed by atoms with Crippen LogP contribution in [0.1, 0.15) is 49.5 Å². The molecule has 208 valence electrons. The number of aliphatic hydroxyl groups is 1. The summed E-state index contributed by atoms with van der Waals surface area (Å²) < 4.78 is 11.5. The standard InChI is InChI=1S/C26H38N6O6/c1-14(2)27-25(35)28-20-10-8-9-19-23(20)37-21(15(3)11-32(24(19)34)16(4)13-33)12-31(7)26(36)29-22-17(5)30-38-18(22)6/h8-10,14-16,21,33H,11-13H2,1-7H3,(H,29,36)(H2,27,28,35)/t15-,16+,21-/m1/s1. The van der Waals surface area contributed by atoms with E-state index in [-0.39, 0.29) is 48.4 Å². The summed E-state index contributed by atoms with van der Waals surface area (Å²) in [5.74, 6) is 0.163. The summed E-state index contributed by atoms with van der Waals surface area (Å²) in [7, 11) is 1.64.